The zero-order valence-electron chi connectivity index (χ0n) is 10.3. The Morgan fingerprint density at radius 3 is 2.94 bits per heavy atom. The number of hydrogen-bond donors (Lipinski definition) is 0. The van der Waals surface area contributed by atoms with Crippen LogP contribution in [0.4, 0.5) is 4.39 Å². The number of aryl methyl sites for hydroxylation is 2. The van der Waals surface area contributed by atoms with E-state index in [1.54, 1.807) is 19.1 Å². The van der Waals surface area contributed by atoms with Gasteiger partial charge < -0.3 is 4.52 Å². The Hall–Kier alpha value is -1.71. The maximum Gasteiger partial charge on any atom is 0.226 e. The van der Waals surface area contributed by atoms with Gasteiger partial charge in [-0.1, -0.05) is 18.0 Å². The molecule has 0 bridgehead atoms. The van der Waals surface area contributed by atoms with E-state index >= 15 is 0 Å². The van der Waals surface area contributed by atoms with E-state index in [1.165, 1.54) is 18.9 Å². The number of nitrogens with zero attached hydrogens (tertiary/aromatic N) is 2. The van der Waals surface area contributed by atoms with Gasteiger partial charge in [-0.15, -0.1) is 0 Å². The molecular formula is C14H15FN2O. The van der Waals surface area contributed by atoms with Crippen molar-refractivity contribution in [1.29, 1.82) is 0 Å². The van der Waals surface area contributed by atoms with E-state index in [9.17, 15) is 4.39 Å². The molecule has 4 heteroatoms. The molecule has 0 atom stereocenters. The molecule has 0 aliphatic heterocycles. The molecule has 1 aromatic carbocycles. The van der Waals surface area contributed by atoms with Gasteiger partial charge in [0.2, 0.25) is 11.7 Å². The summed E-state index contributed by atoms with van der Waals surface area (Å²) in [6, 6.07) is 4.85. The zero-order chi connectivity index (χ0) is 12.5. The summed E-state index contributed by atoms with van der Waals surface area (Å²) in [5, 5.41) is 3.95. The van der Waals surface area contributed by atoms with Crippen LogP contribution in [-0.2, 0) is 6.42 Å². The van der Waals surface area contributed by atoms with Gasteiger partial charge in [0, 0.05) is 12.0 Å². The molecule has 0 spiro atoms. The summed E-state index contributed by atoms with van der Waals surface area (Å²) in [4.78, 5) is 4.35. The third-order valence-electron chi connectivity index (χ3n) is 3.35. The predicted molar refractivity (Wildman–Crippen MR) is 65.5 cm³/mol. The van der Waals surface area contributed by atoms with Gasteiger partial charge in [0.15, 0.2) is 0 Å². The van der Waals surface area contributed by atoms with E-state index in [4.69, 9.17) is 4.52 Å². The second-order valence-electron chi connectivity index (χ2n) is 4.96. The van der Waals surface area contributed by atoms with Crippen LogP contribution in [0.3, 0.4) is 0 Å². The number of rotatable bonds is 4. The van der Waals surface area contributed by atoms with Crippen LogP contribution in [0.15, 0.2) is 22.7 Å². The van der Waals surface area contributed by atoms with Crippen molar-refractivity contribution >= 4 is 0 Å². The van der Waals surface area contributed by atoms with Gasteiger partial charge in [-0.05, 0) is 43.0 Å². The summed E-state index contributed by atoms with van der Waals surface area (Å²) in [5.41, 5.74) is 1.40. The standard InChI is InChI=1S/C14H15FN2O/c1-9-8-11(5-6-12(9)15)14-16-13(18-17-14)7-4-10-2-3-10/h5-6,8,10H,2-4,7H2,1H3. The third-order valence-corrected chi connectivity index (χ3v) is 3.35. The Morgan fingerprint density at radius 2 is 2.22 bits per heavy atom. The first-order valence-electron chi connectivity index (χ1n) is 6.31. The quantitative estimate of drug-likeness (QED) is 0.828. The fraction of sp³-hybridized carbons (Fsp3) is 0.429. The Labute approximate surface area is 105 Å². The molecule has 2 aromatic rings. The molecule has 1 heterocycles. The van der Waals surface area contributed by atoms with E-state index in [2.05, 4.69) is 10.1 Å². The molecule has 1 fully saturated rings. The molecule has 3 rings (SSSR count). The number of halogens is 1. The topological polar surface area (TPSA) is 38.9 Å². The average Bonchev–Trinajstić information content (AvgIpc) is 3.08. The van der Waals surface area contributed by atoms with Gasteiger partial charge in [-0.3, -0.25) is 0 Å². The van der Waals surface area contributed by atoms with Gasteiger partial charge in [-0.2, -0.15) is 4.98 Å². The van der Waals surface area contributed by atoms with E-state index in [0.29, 0.717) is 17.3 Å². The Bertz CT molecular complexity index is 561. The van der Waals surface area contributed by atoms with E-state index in [1.807, 2.05) is 0 Å². The average molecular weight is 246 g/mol. The normalized spacial score (nSPS) is 15.0. The third kappa shape index (κ3) is 2.42. The molecule has 18 heavy (non-hydrogen) atoms. The predicted octanol–water partition coefficient (Wildman–Crippen LogP) is 3.53. The second-order valence-corrected chi connectivity index (χ2v) is 4.96. The first-order valence-corrected chi connectivity index (χ1v) is 6.31. The SMILES string of the molecule is Cc1cc(-c2noc(CCC3CC3)n2)ccc1F. The fourth-order valence-electron chi connectivity index (χ4n) is 1.99. The van der Waals surface area contributed by atoms with Crippen molar-refractivity contribution in [3.05, 3.63) is 35.5 Å². The smallest absolute Gasteiger partial charge is 0.226 e. The molecule has 0 unspecified atom stereocenters. The van der Waals surface area contributed by atoms with Gasteiger partial charge in [0.05, 0.1) is 0 Å². The molecule has 94 valence electrons. The van der Waals surface area contributed by atoms with Gasteiger partial charge in [0.25, 0.3) is 0 Å². The van der Waals surface area contributed by atoms with Crippen molar-refractivity contribution in [3.63, 3.8) is 0 Å². The summed E-state index contributed by atoms with van der Waals surface area (Å²) < 4.78 is 18.4. The lowest BCUT2D eigenvalue weighted by atomic mass is 10.1. The molecule has 1 aliphatic carbocycles. The van der Waals surface area contributed by atoms with E-state index in [0.717, 1.165) is 24.3 Å². The first kappa shape index (κ1) is 11.4. The summed E-state index contributed by atoms with van der Waals surface area (Å²) in [7, 11) is 0. The van der Waals surface area contributed by atoms with Crippen LogP contribution in [0.2, 0.25) is 0 Å². The highest BCUT2D eigenvalue weighted by atomic mass is 19.1. The maximum absolute atomic E-state index is 13.2. The van der Waals surface area contributed by atoms with Gasteiger partial charge in [-0.25, -0.2) is 4.39 Å². The fourth-order valence-corrected chi connectivity index (χ4v) is 1.99. The van der Waals surface area contributed by atoms with Crippen molar-refractivity contribution < 1.29 is 8.91 Å². The largest absolute Gasteiger partial charge is 0.339 e. The zero-order valence-corrected chi connectivity index (χ0v) is 10.3. The minimum absolute atomic E-state index is 0.212. The number of benzene rings is 1. The van der Waals surface area contributed by atoms with E-state index < -0.39 is 0 Å². The first-order chi connectivity index (χ1) is 8.72. The van der Waals surface area contributed by atoms with Gasteiger partial charge in [0.1, 0.15) is 5.82 Å². The molecule has 1 saturated carbocycles. The summed E-state index contributed by atoms with van der Waals surface area (Å²) in [6.07, 6.45) is 4.64. The summed E-state index contributed by atoms with van der Waals surface area (Å²) in [6.45, 7) is 1.73. The second kappa shape index (κ2) is 4.52. The summed E-state index contributed by atoms with van der Waals surface area (Å²) >= 11 is 0. The van der Waals surface area contributed by atoms with Crippen molar-refractivity contribution in [2.45, 2.75) is 32.6 Å². The van der Waals surface area contributed by atoms with Crippen molar-refractivity contribution in [1.82, 2.24) is 10.1 Å². The molecule has 3 nitrogen and oxygen atoms in total. The monoisotopic (exact) mass is 246 g/mol. The lowest BCUT2D eigenvalue weighted by Gasteiger charge is -1.98. The molecule has 0 saturated heterocycles. The molecule has 0 amide bonds. The van der Waals surface area contributed by atoms with Crippen LogP contribution in [-0.4, -0.2) is 10.1 Å². The molecule has 1 aromatic heterocycles. The number of hydrogen-bond acceptors (Lipinski definition) is 3. The van der Waals surface area contributed by atoms with Crippen LogP contribution in [0.25, 0.3) is 11.4 Å². The van der Waals surface area contributed by atoms with Crippen molar-refractivity contribution in [2.75, 3.05) is 0 Å². The maximum atomic E-state index is 13.2. The van der Waals surface area contributed by atoms with E-state index in [-0.39, 0.29) is 5.82 Å². The lowest BCUT2D eigenvalue weighted by Crippen LogP contribution is -1.88. The van der Waals surface area contributed by atoms with Gasteiger partial charge >= 0.3 is 0 Å². The van der Waals surface area contributed by atoms with Crippen molar-refractivity contribution in [3.8, 4) is 11.4 Å². The van der Waals surface area contributed by atoms with Crippen LogP contribution in [0.1, 0.15) is 30.7 Å². The lowest BCUT2D eigenvalue weighted by molar-refractivity contribution is 0.373. The van der Waals surface area contributed by atoms with Crippen LogP contribution < -0.4 is 0 Å². The molecule has 0 N–H and O–H groups in total. The minimum Gasteiger partial charge on any atom is -0.339 e. The molecule has 0 radical (unpaired) electrons. The molecular weight excluding hydrogens is 231 g/mol. The highest BCUT2D eigenvalue weighted by Gasteiger charge is 2.22. The Kier molecular flexibility index (Phi) is 2.86. The van der Waals surface area contributed by atoms with Crippen molar-refractivity contribution in [2.24, 2.45) is 5.92 Å². The Balaban J connectivity index is 1.76. The van der Waals surface area contributed by atoms with Crippen LogP contribution >= 0.6 is 0 Å². The summed E-state index contributed by atoms with van der Waals surface area (Å²) in [5.74, 6) is 1.87. The number of aromatic nitrogens is 2. The highest BCUT2D eigenvalue weighted by Crippen LogP contribution is 2.33. The Morgan fingerprint density at radius 1 is 1.39 bits per heavy atom. The molecule has 1 aliphatic rings. The van der Waals surface area contributed by atoms with Crippen LogP contribution in [0, 0.1) is 18.7 Å². The van der Waals surface area contributed by atoms with Crippen LogP contribution in [0.5, 0.6) is 0 Å². The minimum atomic E-state index is -0.212. The highest BCUT2D eigenvalue weighted by molar-refractivity contribution is 5.55.